The van der Waals surface area contributed by atoms with Crippen molar-refractivity contribution in [3.05, 3.63) is 347 Å². The van der Waals surface area contributed by atoms with Crippen molar-refractivity contribution in [3.8, 4) is 34.3 Å². The molecule has 9 aromatic carbocycles. The summed E-state index contributed by atoms with van der Waals surface area (Å²) in [5, 5.41) is 59.8. The fraction of sp³-hybridized carbons (Fsp3) is 0.364. The third-order valence-corrected chi connectivity index (χ3v) is 29.1. The lowest BCUT2D eigenvalue weighted by atomic mass is 9.98. The summed E-state index contributed by atoms with van der Waals surface area (Å²) in [6.45, 7) is 23.8. The normalized spacial score (nSPS) is 20.4. The first-order valence-corrected chi connectivity index (χ1v) is 51.6. The van der Waals surface area contributed by atoms with Crippen molar-refractivity contribution in [2.75, 3.05) is 148 Å². The second-order valence-corrected chi connectivity index (χ2v) is 39.6. The van der Waals surface area contributed by atoms with E-state index in [2.05, 4.69) is 131 Å². The summed E-state index contributed by atoms with van der Waals surface area (Å²) >= 11 is 31.7. The summed E-state index contributed by atoms with van der Waals surface area (Å²) in [5.74, 6) is -1.10. The van der Waals surface area contributed by atoms with Crippen LogP contribution in [0.2, 0.25) is 25.1 Å². The van der Waals surface area contributed by atoms with Crippen LogP contribution in [0, 0.1) is 0 Å². The largest absolute Gasteiger partial charge is 0.491 e. The molecule has 149 heavy (non-hydrogen) atoms. The van der Waals surface area contributed by atoms with Gasteiger partial charge in [0, 0.05) is 157 Å². The average Bonchev–Trinajstić information content (AvgIpc) is 1.63. The monoisotopic (exact) mass is 2120 g/mol. The first-order valence-electron chi connectivity index (χ1n) is 49.7. The van der Waals surface area contributed by atoms with Crippen molar-refractivity contribution in [3.63, 3.8) is 0 Å². The van der Waals surface area contributed by atoms with Crippen molar-refractivity contribution < 1.29 is 52.8 Å². The molecule has 6 aromatic heterocycles. The molecule has 11 unspecified atom stereocenters. The number of hydrogen-bond acceptors (Lipinski definition) is 29. The quantitative estimate of drug-likeness (QED) is 0.0386. The van der Waals surface area contributed by atoms with Gasteiger partial charge >= 0.3 is 17.1 Å². The summed E-state index contributed by atoms with van der Waals surface area (Å²) in [7, 11) is 0. The minimum absolute atomic E-state index is 0.0685. The van der Waals surface area contributed by atoms with Gasteiger partial charge in [0.1, 0.15) is 87.5 Å². The fourth-order valence-electron chi connectivity index (χ4n) is 18.8. The molecule has 0 aliphatic carbocycles. The van der Waals surface area contributed by atoms with Gasteiger partial charge in [0.05, 0.1) is 108 Å². The van der Waals surface area contributed by atoms with Crippen molar-refractivity contribution in [1.82, 2.24) is 83.2 Å². The Labute approximate surface area is 885 Å². The van der Waals surface area contributed by atoms with Crippen molar-refractivity contribution in [2.24, 2.45) is 0 Å². The molecule has 0 bridgehead atoms. The van der Waals surface area contributed by atoms with E-state index < -0.39 is 41.7 Å². The number of piperazine rings is 3. The molecule has 6 fully saturated rings. The molecule has 0 saturated carbocycles. The maximum atomic E-state index is 12.8. The Bertz CT molecular complexity index is 7100. The van der Waals surface area contributed by atoms with Crippen LogP contribution in [0.15, 0.2) is 283 Å². The lowest BCUT2D eigenvalue weighted by Gasteiger charge is -2.37. The summed E-state index contributed by atoms with van der Waals surface area (Å²) < 4.78 is 65.4. The van der Waals surface area contributed by atoms with Crippen LogP contribution in [0.4, 0.5) is 34.1 Å². The first kappa shape index (κ1) is 104. The highest BCUT2D eigenvalue weighted by Crippen LogP contribution is 2.45. The molecule has 12 heterocycles. The summed E-state index contributed by atoms with van der Waals surface area (Å²) in [5.41, 5.74) is 11.4. The number of aliphatic hydroxyl groups excluding tert-OH is 2. The summed E-state index contributed by atoms with van der Waals surface area (Å²) in [6, 6.07) is 67.4. The number of anilines is 6. The van der Waals surface area contributed by atoms with E-state index in [1.165, 1.54) is 35.9 Å². The molecule has 6 saturated heterocycles. The number of aromatic nitrogens is 17. The Morgan fingerprint density at radius 1 is 0.356 bits per heavy atom. The van der Waals surface area contributed by atoms with Gasteiger partial charge in [-0.05, 0) is 235 Å². The van der Waals surface area contributed by atoms with Gasteiger partial charge in [-0.2, -0.15) is 55.5 Å². The van der Waals surface area contributed by atoms with Crippen molar-refractivity contribution >= 4 is 92.1 Å². The van der Waals surface area contributed by atoms with E-state index in [-0.39, 0.29) is 54.6 Å². The van der Waals surface area contributed by atoms with E-state index in [4.69, 9.17) is 101 Å². The highest BCUT2D eigenvalue weighted by molar-refractivity contribution is 6.35. The van der Waals surface area contributed by atoms with Gasteiger partial charge in [-0.15, -0.1) is 0 Å². The smallest absolute Gasteiger partial charge is 0.350 e. The van der Waals surface area contributed by atoms with E-state index >= 15 is 0 Å². The Balaban J connectivity index is 0.000000140. The second kappa shape index (κ2) is 46.7. The molecule has 0 amide bonds. The van der Waals surface area contributed by atoms with Crippen molar-refractivity contribution in [1.29, 1.82) is 0 Å². The Morgan fingerprint density at radius 3 is 1.01 bits per heavy atom. The van der Waals surface area contributed by atoms with Crippen LogP contribution in [0.5, 0.6) is 17.2 Å². The highest BCUT2D eigenvalue weighted by atomic mass is 35.5. The molecule has 0 spiro atoms. The molecule has 37 nitrogen and oxygen atoms in total. The number of halogens is 5. The number of rotatable bonds is 33. The van der Waals surface area contributed by atoms with Gasteiger partial charge in [0.15, 0.2) is 0 Å². The lowest BCUT2D eigenvalue weighted by molar-refractivity contribution is -0.192. The second-order valence-electron chi connectivity index (χ2n) is 37.5. The Morgan fingerprint density at radius 2 is 0.664 bits per heavy atom. The molecule has 2 N–H and O–H groups in total. The van der Waals surface area contributed by atoms with E-state index in [9.17, 15) is 24.6 Å². The summed E-state index contributed by atoms with van der Waals surface area (Å²) in [6.07, 6.45) is 13.3. The predicted octanol–water partition coefficient (Wildman–Crippen LogP) is 14.8. The van der Waals surface area contributed by atoms with Crippen LogP contribution >= 0.6 is 58.0 Å². The van der Waals surface area contributed by atoms with Crippen LogP contribution in [0.25, 0.3) is 17.1 Å². The third kappa shape index (κ3) is 24.2. The molecule has 11 atom stereocenters. The maximum absolute atomic E-state index is 12.8. The number of nitrogens with zero attached hydrogens (tertiary/aromatic N) is 23. The van der Waals surface area contributed by atoms with E-state index in [0.717, 1.165) is 165 Å². The first-order chi connectivity index (χ1) is 72.3. The van der Waals surface area contributed by atoms with Gasteiger partial charge in [0.25, 0.3) is 0 Å². The van der Waals surface area contributed by atoms with Crippen LogP contribution in [0.3, 0.4) is 0 Å². The number of ether oxygens (including phenoxy) is 9. The van der Waals surface area contributed by atoms with Crippen molar-refractivity contribution in [2.45, 2.75) is 133 Å². The lowest BCUT2D eigenvalue weighted by Crippen LogP contribution is -2.46. The van der Waals surface area contributed by atoms with Crippen LogP contribution in [-0.2, 0) is 65.3 Å². The molecule has 778 valence electrons. The van der Waals surface area contributed by atoms with E-state index in [1.54, 1.807) is 116 Å². The molecule has 6 aliphatic heterocycles. The summed E-state index contributed by atoms with van der Waals surface area (Å²) in [4.78, 5) is 55.7. The topological polar surface area (TPSA) is 350 Å². The standard InChI is InChI=1S/C37H39Cl2N7O5.C35H38Cl2N8O5.C35H39ClN8O4/c1-25(26(2)47)46-36(48)45(24-42-46)31-6-4-29(5-7-31)43-15-17-44(18-16-43)30-8-10-32(11-9-30)49-22-33-23-50-37(51-33,20-27-13-14-40-41-21-27)34-12-3-28(38)19-35(34)39;1-24(25(2)46)45-34(47)43(23-40-45)29-6-4-27(5-7-29)41-15-17-42(18-16-41)28-8-10-30(11-9-28)48-20-31-21-49-35(50-31,22-44-38-13-14-39-44)32-12-3-26(36)19-33(32)37;1-3-26(2)44-34(45)42(25-39-44)31-10-8-29(9-11-31)40-18-20-41(21-19-40)30-12-14-32(15-13-30)46-22-33-23-47-35(48-33,24-43-37-16-17-38-43)27-4-6-28(36)7-5-27/h3-14,19,21,24-26,33,47H,15-18,20,22-23H2,1-2H3;3-14,19,23-25,31,46H,15-18,20-22H2,1-2H3;4-17,25-26,33H,3,18-24H2,1-2H3. The minimum Gasteiger partial charge on any atom is -0.491 e. The van der Waals surface area contributed by atoms with Crippen LogP contribution < -0.4 is 60.7 Å². The zero-order valence-corrected chi connectivity index (χ0v) is 86.8. The molecule has 21 rings (SSSR count). The van der Waals surface area contributed by atoms with E-state index in [0.29, 0.717) is 82.2 Å². The zero-order valence-electron chi connectivity index (χ0n) is 83.0. The fourth-order valence-corrected chi connectivity index (χ4v) is 20.0. The van der Waals surface area contributed by atoms with E-state index in [1.807, 2.05) is 140 Å². The van der Waals surface area contributed by atoms with Gasteiger partial charge in [-0.25, -0.2) is 42.1 Å². The van der Waals surface area contributed by atoms with Gasteiger partial charge in [-0.3, -0.25) is 0 Å². The third-order valence-electron chi connectivity index (χ3n) is 27.7. The Kier molecular flexibility index (Phi) is 32.6. The van der Waals surface area contributed by atoms with Gasteiger partial charge in [0.2, 0.25) is 17.4 Å². The average molecular weight is 2130 g/mol. The number of aliphatic hydroxyl groups is 2. The Hall–Kier alpha value is -13.5. The molecular formula is C107H116Cl5N23O14. The maximum Gasteiger partial charge on any atom is 0.350 e. The molecule has 15 aromatic rings. The molecule has 6 aliphatic rings. The zero-order chi connectivity index (χ0) is 103. The highest BCUT2D eigenvalue weighted by Gasteiger charge is 2.49. The molecular weight excluding hydrogens is 2010 g/mol. The van der Waals surface area contributed by atoms with Crippen LogP contribution in [0.1, 0.15) is 88.3 Å². The SMILES string of the molecule is CC(O)C(C)n1ncn(-c2ccc(N3CCN(c4ccc(OCC5COC(Cc6ccnnc6)(c6ccc(Cl)cc6Cl)O5)cc4)CC3)cc2)c1=O.CC(O)C(C)n1ncn(-c2ccc(N3CCN(c4ccc(OCC5COC(Cn6nccn6)(c6ccc(Cl)cc6Cl)O5)cc4)CC3)cc2)c1=O.CCC(C)n1ncn(-c2ccc(N3CCN(c4ccc(OCC5COC(Cn6nccn6)(c6ccc(Cl)cc6)O5)cc4)CC3)cc2)c1=O. The van der Waals surface area contributed by atoms with Crippen LogP contribution in [-0.4, -0.2) is 242 Å². The van der Waals surface area contributed by atoms with Gasteiger partial charge in [-0.1, -0.05) is 89.2 Å². The molecule has 0 radical (unpaired) electrons. The minimum atomic E-state index is -1.19. The number of hydrogen-bond donors (Lipinski definition) is 2. The predicted molar refractivity (Wildman–Crippen MR) is 568 cm³/mol. The number of benzene rings is 9. The van der Waals surface area contributed by atoms with Gasteiger partial charge < -0.3 is 82.2 Å². The molecule has 42 heteroatoms.